The van der Waals surface area contributed by atoms with Crippen LogP contribution in [0.15, 0.2) is 30.7 Å². The van der Waals surface area contributed by atoms with Gasteiger partial charge in [0.2, 0.25) is 0 Å². The van der Waals surface area contributed by atoms with E-state index in [-0.39, 0.29) is 36.0 Å². The number of nitrogens with zero attached hydrogens (tertiary/aromatic N) is 4. The first kappa shape index (κ1) is 24.6. The molecule has 0 bridgehead atoms. The quantitative estimate of drug-likeness (QED) is 0.703. The maximum atomic E-state index is 14.2. The summed E-state index contributed by atoms with van der Waals surface area (Å²) in [4.78, 5) is 26.0. The molecule has 2 atom stereocenters. The van der Waals surface area contributed by atoms with E-state index in [0.29, 0.717) is 35.9 Å². The van der Waals surface area contributed by atoms with Gasteiger partial charge in [-0.25, -0.2) is 14.4 Å². The molecule has 3 aliphatic heterocycles. The van der Waals surface area contributed by atoms with Gasteiger partial charge in [-0.3, -0.25) is 4.79 Å². The Morgan fingerprint density at radius 3 is 2.59 bits per heavy atom. The van der Waals surface area contributed by atoms with Crippen LogP contribution in [0.4, 0.5) is 10.2 Å². The van der Waals surface area contributed by atoms with Gasteiger partial charge in [0.1, 0.15) is 17.9 Å². The van der Waals surface area contributed by atoms with Crippen LogP contribution in [0.25, 0.3) is 0 Å². The van der Waals surface area contributed by atoms with Gasteiger partial charge in [0.25, 0.3) is 5.91 Å². The average Bonchev–Trinajstić information content (AvgIpc) is 2.79. The van der Waals surface area contributed by atoms with Crippen molar-refractivity contribution in [1.29, 1.82) is 0 Å². The number of aromatic nitrogens is 2. The van der Waals surface area contributed by atoms with E-state index in [1.54, 1.807) is 11.1 Å². The fourth-order valence-corrected chi connectivity index (χ4v) is 5.23. The fraction of sp³-hybridized carbons (Fsp3) is 0.542. The van der Waals surface area contributed by atoms with Crippen LogP contribution < -0.4 is 15.0 Å². The Hall–Kier alpha value is -2.49. The van der Waals surface area contributed by atoms with E-state index in [2.05, 4.69) is 20.2 Å². The molecular weight excluding hydrogens is 461 g/mol. The van der Waals surface area contributed by atoms with Crippen molar-refractivity contribution in [3.63, 3.8) is 0 Å². The Labute approximate surface area is 205 Å². The Morgan fingerprint density at radius 2 is 1.88 bits per heavy atom. The van der Waals surface area contributed by atoms with Gasteiger partial charge in [0.15, 0.2) is 11.6 Å². The van der Waals surface area contributed by atoms with E-state index >= 15 is 0 Å². The van der Waals surface area contributed by atoms with E-state index in [4.69, 9.17) is 9.47 Å². The second-order valence-electron chi connectivity index (χ2n) is 9.51. The minimum atomic E-state index is -0.487. The lowest BCUT2D eigenvalue weighted by molar-refractivity contribution is -0.0250. The first-order valence-electron chi connectivity index (χ1n) is 11.6. The number of rotatable bonds is 4. The lowest BCUT2D eigenvalue weighted by Crippen LogP contribution is -2.60. The number of amides is 1. The molecule has 4 heterocycles. The van der Waals surface area contributed by atoms with E-state index in [0.717, 1.165) is 39.0 Å². The number of benzene rings is 1. The lowest BCUT2D eigenvalue weighted by Gasteiger charge is -2.53. The standard InChI is InChI=1S/C24H30FN5O3.ClH/c1-16-11-32-12-17(2)30(16)23(31)19-9-18(25)3-4-20(19)33-21-10-27-15-28-22(21)29-13-24(14-29)5-7-26-8-6-24;/h3-4,9-10,15-17,26H,5-8,11-14H2,1-2H3;1H/t16-,17-;/m1./s1. The number of hydrogen-bond donors (Lipinski definition) is 1. The normalized spacial score (nSPS) is 23.7. The van der Waals surface area contributed by atoms with E-state index < -0.39 is 5.82 Å². The molecule has 0 unspecified atom stereocenters. The second kappa shape index (κ2) is 10.0. The molecule has 10 heteroatoms. The number of nitrogens with one attached hydrogen (secondary N) is 1. The molecule has 1 spiro atoms. The van der Waals surface area contributed by atoms with Gasteiger partial charge in [0, 0.05) is 18.5 Å². The van der Waals surface area contributed by atoms with Crippen molar-refractivity contribution in [2.75, 3.05) is 44.3 Å². The largest absolute Gasteiger partial charge is 0.451 e. The first-order chi connectivity index (χ1) is 16.0. The molecule has 3 aliphatic rings. The Balaban J connectivity index is 0.00000274. The second-order valence-corrected chi connectivity index (χ2v) is 9.51. The molecule has 3 fully saturated rings. The van der Waals surface area contributed by atoms with E-state index in [1.807, 2.05) is 13.8 Å². The van der Waals surface area contributed by atoms with Crippen molar-refractivity contribution in [2.45, 2.75) is 38.8 Å². The molecular formula is C24H31ClFN5O3. The number of piperidine rings is 1. The van der Waals surface area contributed by atoms with Gasteiger partial charge in [-0.05, 0) is 58.0 Å². The third kappa shape index (κ3) is 4.69. The predicted molar refractivity (Wildman–Crippen MR) is 128 cm³/mol. The van der Waals surface area contributed by atoms with Gasteiger partial charge in [-0.15, -0.1) is 12.4 Å². The Bertz CT molecular complexity index is 1020. The molecule has 8 nitrogen and oxygen atoms in total. The van der Waals surface area contributed by atoms with Crippen LogP contribution in [0, 0.1) is 11.2 Å². The van der Waals surface area contributed by atoms with Gasteiger partial charge < -0.3 is 24.6 Å². The Kier molecular flexibility index (Phi) is 7.25. The van der Waals surface area contributed by atoms with Crippen LogP contribution in [-0.4, -0.2) is 72.3 Å². The van der Waals surface area contributed by atoms with Crippen molar-refractivity contribution in [1.82, 2.24) is 20.2 Å². The minimum absolute atomic E-state index is 0. The highest BCUT2D eigenvalue weighted by molar-refractivity contribution is 5.97. The number of carbonyl (C=O) groups excluding carboxylic acids is 1. The van der Waals surface area contributed by atoms with Gasteiger partial charge in [0.05, 0.1) is 37.1 Å². The van der Waals surface area contributed by atoms with Crippen LogP contribution in [-0.2, 0) is 4.74 Å². The van der Waals surface area contributed by atoms with Crippen molar-refractivity contribution in [3.05, 3.63) is 42.1 Å². The third-order valence-electron chi connectivity index (χ3n) is 6.97. The molecule has 1 aromatic carbocycles. The molecule has 0 saturated carbocycles. The highest BCUT2D eigenvalue weighted by Crippen LogP contribution is 2.43. The summed E-state index contributed by atoms with van der Waals surface area (Å²) in [5.74, 6) is 0.693. The fourth-order valence-electron chi connectivity index (χ4n) is 5.23. The number of hydrogen-bond acceptors (Lipinski definition) is 7. The average molecular weight is 492 g/mol. The lowest BCUT2D eigenvalue weighted by atomic mass is 9.72. The van der Waals surface area contributed by atoms with Crippen LogP contribution in [0.1, 0.15) is 37.0 Å². The van der Waals surface area contributed by atoms with Gasteiger partial charge in [-0.1, -0.05) is 0 Å². The van der Waals surface area contributed by atoms with Gasteiger partial charge >= 0.3 is 0 Å². The highest BCUT2D eigenvalue weighted by Gasteiger charge is 2.45. The highest BCUT2D eigenvalue weighted by atomic mass is 35.5. The van der Waals surface area contributed by atoms with E-state index in [1.165, 1.54) is 24.5 Å². The molecule has 5 rings (SSSR count). The number of carbonyl (C=O) groups is 1. The zero-order chi connectivity index (χ0) is 23.0. The van der Waals surface area contributed by atoms with Crippen LogP contribution >= 0.6 is 12.4 Å². The SMILES string of the molecule is C[C@@H]1COC[C@@H](C)N1C(=O)c1cc(F)ccc1Oc1cncnc1N1CC2(CCNCC2)C1.Cl. The molecule has 1 N–H and O–H groups in total. The smallest absolute Gasteiger partial charge is 0.258 e. The Morgan fingerprint density at radius 1 is 1.18 bits per heavy atom. The number of halogens is 2. The summed E-state index contributed by atoms with van der Waals surface area (Å²) in [5.41, 5.74) is 0.511. The maximum absolute atomic E-state index is 14.2. The van der Waals surface area contributed by atoms with Crippen molar-refractivity contribution >= 4 is 24.1 Å². The first-order valence-corrected chi connectivity index (χ1v) is 11.6. The van der Waals surface area contributed by atoms with E-state index in [9.17, 15) is 9.18 Å². The summed E-state index contributed by atoms with van der Waals surface area (Å²) in [6, 6.07) is 3.81. The third-order valence-corrected chi connectivity index (χ3v) is 6.97. The minimum Gasteiger partial charge on any atom is -0.451 e. The van der Waals surface area contributed by atoms with Crippen molar-refractivity contribution < 1.29 is 18.7 Å². The zero-order valence-corrected chi connectivity index (χ0v) is 20.3. The number of morpholine rings is 1. The predicted octanol–water partition coefficient (Wildman–Crippen LogP) is 3.27. The maximum Gasteiger partial charge on any atom is 0.258 e. The molecule has 2 aromatic rings. The molecule has 0 radical (unpaired) electrons. The zero-order valence-electron chi connectivity index (χ0n) is 19.5. The molecule has 34 heavy (non-hydrogen) atoms. The van der Waals surface area contributed by atoms with Crippen molar-refractivity contribution in [2.24, 2.45) is 5.41 Å². The summed E-state index contributed by atoms with van der Waals surface area (Å²) in [5, 5.41) is 3.42. The summed E-state index contributed by atoms with van der Waals surface area (Å²) in [7, 11) is 0. The van der Waals surface area contributed by atoms with Crippen LogP contribution in [0.5, 0.6) is 11.5 Å². The van der Waals surface area contributed by atoms with Gasteiger partial charge in [-0.2, -0.15) is 0 Å². The number of anilines is 1. The number of ether oxygens (including phenoxy) is 2. The molecule has 184 valence electrons. The molecule has 0 aliphatic carbocycles. The molecule has 3 saturated heterocycles. The monoisotopic (exact) mass is 491 g/mol. The summed E-state index contributed by atoms with van der Waals surface area (Å²) >= 11 is 0. The molecule has 1 amide bonds. The molecule has 1 aromatic heterocycles. The van der Waals surface area contributed by atoms with Crippen LogP contribution in [0.3, 0.4) is 0 Å². The van der Waals surface area contributed by atoms with Crippen LogP contribution in [0.2, 0.25) is 0 Å². The van der Waals surface area contributed by atoms with Crippen molar-refractivity contribution in [3.8, 4) is 11.5 Å². The summed E-state index contributed by atoms with van der Waals surface area (Å²) in [6.45, 7) is 8.67. The summed E-state index contributed by atoms with van der Waals surface area (Å²) < 4.78 is 25.9. The summed E-state index contributed by atoms with van der Waals surface area (Å²) in [6.07, 6.45) is 5.41. The topological polar surface area (TPSA) is 79.8 Å².